The van der Waals surface area contributed by atoms with Crippen molar-refractivity contribution in [2.24, 2.45) is 0 Å². The second kappa shape index (κ2) is 6.58. The molecule has 5 nitrogen and oxygen atoms in total. The Kier molecular flexibility index (Phi) is 4.33. The minimum atomic E-state index is -0.359. The number of nitrogens with one attached hydrogen (secondary N) is 2. The molecule has 5 heteroatoms. The normalized spacial score (nSPS) is 10.6. The molecule has 2 N–H and O–H groups in total. The number of nitrogens with zero attached hydrogens (tertiary/aromatic N) is 1. The first kappa shape index (κ1) is 15.8. The lowest BCUT2D eigenvalue weighted by Crippen LogP contribution is -1.99. The molecule has 0 spiro atoms. The van der Waals surface area contributed by atoms with Crippen LogP contribution in [0.5, 0.6) is 0 Å². The standard InChI is InChI=1S/C19H19N3O2/c1-3-14-12-17(15-7-5-4-6-8-15)21-19(14)20-16-10-9-13(2)11-18(16)22(23)24/h4-12,20-21H,3H2,1-2H3. The molecule has 0 radical (unpaired) electrons. The summed E-state index contributed by atoms with van der Waals surface area (Å²) < 4.78 is 0. The van der Waals surface area contributed by atoms with Gasteiger partial charge in [0.05, 0.1) is 4.92 Å². The Labute approximate surface area is 140 Å². The number of nitro groups is 1. The second-order valence-electron chi connectivity index (χ2n) is 5.71. The summed E-state index contributed by atoms with van der Waals surface area (Å²) in [7, 11) is 0. The Balaban J connectivity index is 1.99. The highest BCUT2D eigenvalue weighted by Gasteiger charge is 2.16. The number of benzene rings is 2. The molecule has 0 saturated heterocycles. The summed E-state index contributed by atoms with van der Waals surface area (Å²) in [6.45, 7) is 3.91. The van der Waals surface area contributed by atoms with Crippen LogP contribution in [0, 0.1) is 17.0 Å². The Morgan fingerprint density at radius 2 is 1.88 bits per heavy atom. The van der Waals surface area contributed by atoms with Gasteiger partial charge in [-0.15, -0.1) is 0 Å². The van der Waals surface area contributed by atoms with E-state index < -0.39 is 0 Å². The fourth-order valence-electron chi connectivity index (χ4n) is 2.69. The highest BCUT2D eigenvalue weighted by Crippen LogP contribution is 2.32. The minimum absolute atomic E-state index is 0.0768. The Bertz CT molecular complexity index is 870. The average molecular weight is 321 g/mol. The van der Waals surface area contributed by atoms with Crippen LogP contribution in [0.1, 0.15) is 18.1 Å². The molecule has 0 aliphatic rings. The van der Waals surface area contributed by atoms with Crippen molar-refractivity contribution in [3.8, 4) is 11.3 Å². The van der Waals surface area contributed by atoms with E-state index in [9.17, 15) is 10.1 Å². The Hall–Kier alpha value is -3.08. The molecule has 3 rings (SSSR count). The molecule has 0 atom stereocenters. The first-order valence-electron chi connectivity index (χ1n) is 7.88. The van der Waals surface area contributed by atoms with Crippen LogP contribution in [0.2, 0.25) is 0 Å². The van der Waals surface area contributed by atoms with E-state index in [1.807, 2.05) is 43.3 Å². The maximum atomic E-state index is 11.3. The molecule has 122 valence electrons. The van der Waals surface area contributed by atoms with Gasteiger partial charge in [0, 0.05) is 11.8 Å². The number of H-pyrrole nitrogens is 1. The Morgan fingerprint density at radius 3 is 2.54 bits per heavy atom. The van der Waals surface area contributed by atoms with Crippen LogP contribution >= 0.6 is 0 Å². The van der Waals surface area contributed by atoms with E-state index in [0.29, 0.717) is 5.69 Å². The zero-order chi connectivity index (χ0) is 17.1. The van der Waals surface area contributed by atoms with Crippen LogP contribution in [0.3, 0.4) is 0 Å². The van der Waals surface area contributed by atoms with Gasteiger partial charge in [0.25, 0.3) is 5.69 Å². The number of aromatic amines is 1. The van der Waals surface area contributed by atoms with Crippen LogP contribution in [-0.4, -0.2) is 9.91 Å². The molecule has 0 bridgehead atoms. The van der Waals surface area contributed by atoms with E-state index in [0.717, 1.165) is 34.6 Å². The van der Waals surface area contributed by atoms with Crippen molar-refractivity contribution in [2.45, 2.75) is 20.3 Å². The molecule has 1 aromatic heterocycles. The van der Waals surface area contributed by atoms with Gasteiger partial charge in [-0.25, -0.2) is 0 Å². The number of aryl methyl sites for hydroxylation is 2. The van der Waals surface area contributed by atoms with Crippen molar-refractivity contribution >= 4 is 17.2 Å². The van der Waals surface area contributed by atoms with Crippen molar-refractivity contribution in [3.05, 3.63) is 75.8 Å². The van der Waals surface area contributed by atoms with Gasteiger partial charge in [-0.3, -0.25) is 10.1 Å². The van der Waals surface area contributed by atoms with E-state index in [1.165, 1.54) is 0 Å². The van der Waals surface area contributed by atoms with Crippen molar-refractivity contribution in [2.75, 3.05) is 5.32 Å². The first-order valence-corrected chi connectivity index (χ1v) is 7.88. The van der Waals surface area contributed by atoms with Crippen LogP contribution in [-0.2, 0) is 6.42 Å². The summed E-state index contributed by atoms with van der Waals surface area (Å²) in [5.74, 6) is 0.795. The third kappa shape index (κ3) is 3.15. The predicted octanol–water partition coefficient (Wildman–Crippen LogP) is 5.20. The first-order chi connectivity index (χ1) is 11.6. The lowest BCUT2D eigenvalue weighted by atomic mass is 10.1. The summed E-state index contributed by atoms with van der Waals surface area (Å²) in [4.78, 5) is 14.3. The fraction of sp³-hybridized carbons (Fsp3) is 0.158. The molecular weight excluding hydrogens is 302 g/mol. The van der Waals surface area contributed by atoms with E-state index in [-0.39, 0.29) is 10.6 Å². The largest absolute Gasteiger partial charge is 0.341 e. The summed E-state index contributed by atoms with van der Waals surface area (Å²) >= 11 is 0. The molecule has 0 aliphatic carbocycles. The average Bonchev–Trinajstić information content (AvgIpc) is 3.00. The molecule has 3 aromatic rings. The number of nitro benzene ring substituents is 1. The third-order valence-electron chi connectivity index (χ3n) is 3.97. The van der Waals surface area contributed by atoms with E-state index in [1.54, 1.807) is 12.1 Å². The lowest BCUT2D eigenvalue weighted by molar-refractivity contribution is -0.384. The number of hydrogen-bond acceptors (Lipinski definition) is 3. The van der Waals surface area contributed by atoms with Gasteiger partial charge < -0.3 is 10.3 Å². The third-order valence-corrected chi connectivity index (χ3v) is 3.97. The highest BCUT2D eigenvalue weighted by atomic mass is 16.6. The maximum absolute atomic E-state index is 11.3. The maximum Gasteiger partial charge on any atom is 0.292 e. The smallest absolute Gasteiger partial charge is 0.292 e. The summed E-state index contributed by atoms with van der Waals surface area (Å²) in [6, 6.07) is 17.3. The van der Waals surface area contributed by atoms with Gasteiger partial charge in [0.2, 0.25) is 0 Å². The molecule has 0 unspecified atom stereocenters. The van der Waals surface area contributed by atoms with Crippen LogP contribution in [0.25, 0.3) is 11.3 Å². The van der Waals surface area contributed by atoms with E-state index in [2.05, 4.69) is 23.3 Å². The predicted molar refractivity (Wildman–Crippen MR) is 96.7 cm³/mol. The van der Waals surface area contributed by atoms with Crippen molar-refractivity contribution in [1.29, 1.82) is 0 Å². The van der Waals surface area contributed by atoms with Crippen LogP contribution in [0.4, 0.5) is 17.2 Å². The molecule has 0 aliphatic heterocycles. The van der Waals surface area contributed by atoms with Crippen molar-refractivity contribution in [1.82, 2.24) is 4.98 Å². The summed E-state index contributed by atoms with van der Waals surface area (Å²) in [5, 5.41) is 14.5. The number of anilines is 2. The van der Waals surface area contributed by atoms with Crippen molar-refractivity contribution in [3.63, 3.8) is 0 Å². The van der Waals surface area contributed by atoms with Gasteiger partial charge >= 0.3 is 0 Å². The quantitative estimate of drug-likeness (QED) is 0.501. The Morgan fingerprint density at radius 1 is 1.12 bits per heavy atom. The van der Waals surface area contributed by atoms with Gasteiger partial charge in [-0.2, -0.15) is 0 Å². The van der Waals surface area contributed by atoms with Crippen molar-refractivity contribution < 1.29 is 4.92 Å². The van der Waals surface area contributed by atoms with Gasteiger partial charge in [0.15, 0.2) is 0 Å². The zero-order valence-corrected chi connectivity index (χ0v) is 13.7. The molecule has 0 saturated carbocycles. The summed E-state index contributed by atoms with van der Waals surface area (Å²) in [5.41, 5.74) is 4.58. The molecular formula is C19H19N3O2. The molecule has 0 fully saturated rings. The minimum Gasteiger partial charge on any atom is -0.341 e. The molecule has 0 amide bonds. The fourth-order valence-corrected chi connectivity index (χ4v) is 2.69. The van der Waals surface area contributed by atoms with E-state index in [4.69, 9.17) is 0 Å². The monoisotopic (exact) mass is 321 g/mol. The number of aromatic nitrogens is 1. The lowest BCUT2D eigenvalue weighted by Gasteiger charge is -2.08. The molecule has 2 aromatic carbocycles. The van der Waals surface area contributed by atoms with Gasteiger partial charge in [0.1, 0.15) is 11.5 Å². The number of hydrogen-bond donors (Lipinski definition) is 2. The topological polar surface area (TPSA) is 71.0 Å². The van der Waals surface area contributed by atoms with Gasteiger partial charge in [-0.1, -0.05) is 43.3 Å². The molecule has 24 heavy (non-hydrogen) atoms. The SMILES string of the molecule is CCc1cc(-c2ccccc2)[nH]c1Nc1ccc(C)cc1[N+](=O)[O-]. The van der Waals surface area contributed by atoms with Crippen LogP contribution < -0.4 is 5.32 Å². The van der Waals surface area contributed by atoms with Crippen LogP contribution in [0.15, 0.2) is 54.6 Å². The summed E-state index contributed by atoms with van der Waals surface area (Å²) in [6.07, 6.45) is 0.825. The zero-order valence-electron chi connectivity index (χ0n) is 13.7. The number of rotatable bonds is 5. The van der Waals surface area contributed by atoms with Gasteiger partial charge in [-0.05, 0) is 42.2 Å². The highest BCUT2D eigenvalue weighted by molar-refractivity contribution is 5.73. The van der Waals surface area contributed by atoms with E-state index >= 15 is 0 Å². The second-order valence-corrected chi connectivity index (χ2v) is 5.71. The molecule has 1 heterocycles.